The van der Waals surface area contributed by atoms with Crippen LogP contribution < -0.4 is 0 Å². The molecule has 1 unspecified atom stereocenters. The van der Waals surface area contributed by atoms with Crippen LogP contribution in [-0.2, 0) is 4.79 Å². The number of allylic oxidation sites excluding steroid dienone is 5. The predicted octanol–water partition coefficient (Wildman–Crippen LogP) is 1.16. The van der Waals surface area contributed by atoms with E-state index in [1.165, 1.54) is 6.08 Å². The van der Waals surface area contributed by atoms with Crippen LogP contribution in [0.15, 0.2) is 40.9 Å². The van der Waals surface area contributed by atoms with Crippen molar-refractivity contribution in [1.29, 1.82) is 5.26 Å². The van der Waals surface area contributed by atoms with Crippen molar-refractivity contribution >= 4 is 11.6 Å². The third-order valence-electron chi connectivity index (χ3n) is 1.95. The summed E-state index contributed by atoms with van der Waals surface area (Å²) in [5.74, 6) is -0.234. The molecule has 1 aliphatic heterocycles. The number of dihydropyridines is 1. The highest BCUT2D eigenvalue weighted by Crippen LogP contribution is 2.18. The number of carbonyl (C=O) groups is 1. The van der Waals surface area contributed by atoms with Gasteiger partial charge < -0.3 is 0 Å². The Bertz CT molecular complexity index is 419. The van der Waals surface area contributed by atoms with E-state index in [0.29, 0.717) is 11.3 Å². The molecule has 1 atom stereocenters. The minimum Gasteiger partial charge on any atom is -0.267 e. The van der Waals surface area contributed by atoms with Gasteiger partial charge in [0.15, 0.2) is 0 Å². The van der Waals surface area contributed by atoms with Gasteiger partial charge in [-0.25, -0.2) is 4.99 Å². The number of amides is 1. The van der Waals surface area contributed by atoms with Gasteiger partial charge in [0, 0.05) is 17.6 Å². The standard InChI is InChI=1S/C10H6N2O/c11-6-7-1-3-9-8(5-7)2-4-10(13)12-9/h1-5,8H. The van der Waals surface area contributed by atoms with Gasteiger partial charge in [0.25, 0.3) is 5.91 Å². The average molecular weight is 170 g/mol. The molecule has 2 aliphatic rings. The highest BCUT2D eigenvalue weighted by molar-refractivity contribution is 6.11. The van der Waals surface area contributed by atoms with Crippen LogP contribution in [0.5, 0.6) is 0 Å². The van der Waals surface area contributed by atoms with Gasteiger partial charge in [0.05, 0.1) is 11.8 Å². The number of aliphatic imine (C=N–C) groups is 1. The highest BCUT2D eigenvalue weighted by atomic mass is 16.1. The van der Waals surface area contributed by atoms with E-state index in [0.717, 1.165) is 0 Å². The molecule has 0 fully saturated rings. The van der Waals surface area contributed by atoms with Crippen molar-refractivity contribution in [2.75, 3.05) is 0 Å². The van der Waals surface area contributed by atoms with Crippen molar-refractivity contribution in [2.24, 2.45) is 10.9 Å². The second kappa shape index (κ2) is 2.83. The van der Waals surface area contributed by atoms with E-state index in [4.69, 9.17) is 5.26 Å². The van der Waals surface area contributed by atoms with Crippen LogP contribution in [0, 0.1) is 17.2 Å². The molecule has 3 heteroatoms. The number of carbonyl (C=O) groups excluding carboxylic acids is 1. The molecular formula is C10H6N2O. The molecule has 0 radical (unpaired) electrons. The molecule has 0 N–H and O–H groups in total. The molecule has 1 amide bonds. The molecule has 1 aliphatic carbocycles. The third kappa shape index (κ3) is 1.34. The highest BCUT2D eigenvalue weighted by Gasteiger charge is 2.17. The Morgan fingerprint density at radius 3 is 3.00 bits per heavy atom. The molecule has 0 spiro atoms. The fraction of sp³-hybridized carbons (Fsp3) is 0.100. The normalized spacial score (nSPS) is 24.5. The summed E-state index contributed by atoms with van der Waals surface area (Å²) in [5, 5.41) is 8.63. The molecule has 0 saturated carbocycles. The molecule has 62 valence electrons. The zero-order chi connectivity index (χ0) is 9.26. The SMILES string of the molecule is N#CC1=CC2C=CC(=O)N=C2C=C1. The van der Waals surface area contributed by atoms with Gasteiger partial charge in [-0.3, -0.25) is 4.79 Å². The molecular weight excluding hydrogens is 164 g/mol. The van der Waals surface area contributed by atoms with Crippen molar-refractivity contribution in [2.45, 2.75) is 0 Å². The van der Waals surface area contributed by atoms with Crippen LogP contribution >= 0.6 is 0 Å². The quantitative estimate of drug-likeness (QED) is 0.547. The first-order valence-corrected chi connectivity index (χ1v) is 3.90. The Labute approximate surface area is 75.4 Å². The Balaban J connectivity index is 2.38. The fourth-order valence-corrected chi connectivity index (χ4v) is 1.31. The summed E-state index contributed by atoms with van der Waals surface area (Å²) in [6, 6.07) is 2.05. The summed E-state index contributed by atoms with van der Waals surface area (Å²) in [5.41, 5.74) is 1.33. The second-order valence-corrected chi connectivity index (χ2v) is 2.83. The van der Waals surface area contributed by atoms with Crippen molar-refractivity contribution < 1.29 is 4.79 Å². The number of nitrogens with zero attached hydrogens (tertiary/aromatic N) is 2. The molecule has 1 heterocycles. The van der Waals surface area contributed by atoms with Crippen molar-refractivity contribution in [3.8, 4) is 6.07 Å². The lowest BCUT2D eigenvalue weighted by Gasteiger charge is -2.14. The van der Waals surface area contributed by atoms with Crippen LogP contribution in [0.2, 0.25) is 0 Å². The molecule has 0 saturated heterocycles. The zero-order valence-electron chi connectivity index (χ0n) is 6.77. The minimum atomic E-state index is -0.232. The summed E-state index contributed by atoms with van der Waals surface area (Å²) < 4.78 is 0. The monoisotopic (exact) mass is 170 g/mol. The van der Waals surface area contributed by atoms with Crippen molar-refractivity contribution in [1.82, 2.24) is 0 Å². The summed E-state index contributed by atoms with van der Waals surface area (Å²) in [6.07, 6.45) is 8.36. The smallest absolute Gasteiger partial charge is 0.267 e. The topological polar surface area (TPSA) is 53.2 Å². The Kier molecular flexibility index (Phi) is 1.67. The van der Waals surface area contributed by atoms with Crippen LogP contribution in [0.25, 0.3) is 0 Å². The van der Waals surface area contributed by atoms with Gasteiger partial charge in [-0.2, -0.15) is 5.26 Å². The largest absolute Gasteiger partial charge is 0.269 e. The average Bonchev–Trinajstić information content (AvgIpc) is 2.17. The Hall–Kier alpha value is -1.95. The van der Waals surface area contributed by atoms with E-state index >= 15 is 0 Å². The van der Waals surface area contributed by atoms with Gasteiger partial charge in [-0.15, -0.1) is 0 Å². The maximum atomic E-state index is 10.9. The Morgan fingerprint density at radius 1 is 1.38 bits per heavy atom. The van der Waals surface area contributed by atoms with E-state index < -0.39 is 0 Å². The molecule has 2 rings (SSSR count). The van der Waals surface area contributed by atoms with Crippen molar-refractivity contribution in [3.63, 3.8) is 0 Å². The molecule has 0 aromatic rings. The van der Waals surface area contributed by atoms with Crippen LogP contribution in [-0.4, -0.2) is 11.6 Å². The lowest BCUT2D eigenvalue weighted by atomic mass is 9.93. The second-order valence-electron chi connectivity index (χ2n) is 2.83. The van der Waals surface area contributed by atoms with Crippen LogP contribution in [0.3, 0.4) is 0 Å². The van der Waals surface area contributed by atoms with E-state index in [-0.39, 0.29) is 11.8 Å². The third-order valence-corrected chi connectivity index (χ3v) is 1.95. The van der Waals surface area contributed by atoms with E-state index in [9.17, 15) is 4.79 Å². The molecule has 3 nitrogen and oxygen atoms in total. The van der Waals surface area contributed by atoms with Gasteiger partial charge in [-0.1, -0.05) is 12.2 Å². The number of nitriles is 1. The Morgan fingerprint density at radius 2 is 2.23 bits per heavy atom. The first kappa shape index (κ1) is 7.69. The summed E-state index contributed by atoms with van der Waals surface area (Å²) in [4.78, 5) is 14.7. The van der Waals surface area contributed by atoms with Gasteiger partial charge in [-0.05, 0) is 12.2 Å². The van der Waals surface area contributed by atoms with Crippen molar-refractivity contribution in [3.05, 3.63) is 36.0 Å². The zero-order valence-corrected chi connectivity index (χ0v) is 6.77. The lowest BCUT2D eigenvalue weighted by molar-refractivity contribution is -0.113. The van der Waals surface area contributed by atoms with E-state index in [1.54, 1.807) is 24.3 Å². The van der Waals surface area contributed by atoms with E-state index in [2.05, 4.69) is 4.99 Å². The molecule has 0 bridgehead atoms. The van der Waals surface area contributed by atoms with Gasteiger partial charge in [0.1, 0.15) is 0 Å². The predicted molar refractivity (Wildman–Crippen MR) is 47.9 cm³/mol. The maximum absolute atomic E-state index is 10.9. The first-order valence-electron chi connectivity index (χ1n) is 3.90. The first-order chi connectivity index (χ1) is 6.29. The lowest BCUT2D eigenvalue weighted by Crippen LogP contribution is -2.16. The minimum absolute atomic E-state index is 0.00245. The number of hydrogen-bond acceptors (Lipinski definition) is 2. The molecule has 0 aromatic carbocycles. The summed E-state index contributed by atoms with van der Waals surface area (Å²) >= 11 is 0. The summed E-state index contributed by atoms with van der Waals surface area (Å²) in [6.45, 7) is 0. The number of hydrogen-bond donors (Lipinski definition) is 0. The number of fused-ring (bicyclic) bond motifs is 1. The van der Waals surface area contributed by atoms with Crippen LogP contribution in [0.1, 0.15) is 0 Å². The van der Waals surface area contributed by atoms with Gasteiger partial charge >= 0.3 is 0 Å². The summed E-state index contributed by atoms with van der Waals surface area (Å²) in [7, 11) is 0. The molecule has 0 aromatic heterocycles. The number of rotatable bonds is 0. The molecule has 13 heavy (non-hydrogen) atoms. The van der Waals surface area contributed by atoms with Crippen LogP contribution in [0.4, 0.5) is 0 Å². The fourth-order valence-electron chi connectivity index (χ4n) is 1.31. The van der Waals surface area contributed by atoms with Gasteiger partial charge in [0.2, 0.25) is 0 Å². The maximum Gasteiger partial charge on any atom is 0.269 e. The van der Waals surface area contributed by atoms with E-state index in [1.807, 2.05) is 6.07 Å².